The van der Waals surface area contributed by atoms with E-state index in [9.17, 15) is 4.39 Å². The van der Waals surface area contributed by atoms with Crippen LogP contribution >= 0.6 is 15.9 Å². The molecule has 0 heterocycles. The van der Waals surface area contributed by atoms with Crippen molar-refractivity contribution in [3.63, 3.8) is 0 Å². The van der Waals surface area contributed by atoms with Gasteiger partial charge in [0.15, 0.2) is 0 Å². The number of hydrogen-bond donors (Lipinski definition) is 2. The van der Waals surface area contributed by atoms with Crippen molar-refractivity contribution in [2.75, 3.05) is 19.0 Å². The van der Waals surface area contributed by atoms with Crippen molar-refractivity contribution in [2.24, 2.45) is 5.73 Å². The molecule has 20 heavy (non-hydrogen) atoms. The predicted molar refractivity (Wildman–Crippen MR) is 82.5 cm³/mol. The van der Waals surface area contributed by atoms with Crippen molar-refractivity contribution >= 4 is 21.6 Å². The number of halogens is 2. The summed E-state index contributed by atoms with van der Waals surface area (Å²) in [7, 11) is 1.61. The largest absolute Gasteiger partial charge is 0.497 e. The number of methoxy groups -OCH3 is 1. The highest BCUT2D eigenvalue weighted by Gasteiger charge is 2.14. The van der Waals surface area contributed by atoms with E-state index >= 15 is 0 Å². The van der Waals surface area contributed by atoms with Crippen LogP contribution in [0.2, 0.25) is 0 Å². The average Bonchev–Trinajstić information content (AvgIpc) is 2.47. The molecule has 3 N–H and O–H groups in total. The molecule has 106 valence electrons. The molecule has 0 radical (unpaired) electrons. The van der Waals surface area contributed by atoms with Crippen molar-refractivity contribution in [1.29, 1.82) is 0 Å². The van der Waals surface area contributed by atoms with Gasteiger partial charge in [0, 0.05) is 22.8 Å². The van der Waals surface area contributed by atoms with Crippen molar-refractivity contribution < 1.29 is 9.13 Å². The molecule has 0 spiro atoms. The van der Waals surface area contributed by atoms with Gasteiger partial charge in [0.05, 0.1) is 13.2 Å². The van der Waals surface area contributed by atoms with Crippen LogP contribution in [0.1, 0.15) is 11.6 Å². The Kier molecular flexibility index (Phi) is 4.98. The summed E-state index contributed by atoms with van der Waals surface area (Å²) < 4.78 is 19.4. The van der Waals surface area contributed by atoms with E-state index < -0.39 is 0 Å². The highest BCUT2D eigenvalue weighted by atomic mass is 79.9. The van der Waals surface area contributed by atoms with Gasteiger partial charge in [0.25, 0.3) is 0 Å². The smallest absolute Gasteiger partial charge is 0.123 e. The number of nitrogens with one attached hydrogen (secondary N) is 1. The van der Waals surface area contributed by atoms with Gasteiger partial charge in [0.1, 0.15) is 11.6 Å². The van der Waals surface area contributed by atoms with Crippen LogP contribution in [-0.4, -0.2) is 13.7 Å². The Balaban J connectivity index is 2.26. The molecular formula is C15H16BrFN2O. The zero-order valence-electron chi connectivity index (χ0n) is 11.1. The summed E-state index contributed by atoms with van der Waals surface area (Å²) in [5, 5.41) is 3.29. The highest BCUT2D eigenvalue weighted by Crippen LogP contribution is 2.28. The fraction of sp³-hybridized carbons (Fsp3) is 0.200. The highest BCUT2D eigenvalue weighted by molar-refractivity contribution is 9.10. The molecule has 0 saturated heterocycles. The summed E-state index contributed by atoms with van der Waals surface area (Å²) in [6.45, 7) is 0.346. The summed E-state index contributed by atoms with van der Waals surface area (Å²) in [6, 6.07) is 11.9. The van der Waals surface area contributed by atoms with Gasteiger partial charge in [-0.05, 0) is 35.9 Å². The van der Waals surface area contributed by atoms with Crippen LogP contribution in [0, 0.1) is 5.82 Å². The summed E-state index contributed by atoms with van der Waals surface area (Å²) in [5.74, 6) is 0.471. The Morgan fingerprint density at radius 1 is 1.30 bits per heavy atom. The van der Waals surface area contributed by atoms with Gasteiger partial charge >= 0.3 is 0 Å². The molecule has 0 saturated carbocycles. The molecule has 0 aliphatic rings. The van der Waals surface area contributed by atoms with Gasteiger partial charge in [-0.1, -0.05) is 22.0 Å². The molecule has 1 atom stereocenters. The standard InChI is InChI=1S/C15H16BrFN2O/c1-20-12-4-2-3-11(8-12)19-15(9-18)13-7-10(17)5-6-14(13)16/h2-8,15,19H,9,18H2,1H3. The minimum atomic E-state index is -0.283. The van der Waals surface area contributed by atoms with E-state index in [2.05, 4.69) is 21.2 Å². The molecule has 0 bridgehead atoms. The topological polar surface area (TPSA) is 47.3 Å². The molecule has 0 fully saturated rings. The van der Waals surface area contributed by atoms with Crippen molar-refractivity contribution in [3.8, 4) is 5.75 Å². The van der Waals surface area contributed by atoms with Gasteiger partial charge in [-0.15, -0.1) is 0 Å². The molecule has 0 aliphatic heterocycles. The first kappa shape index (κ1) is 14.8. The van der Waals surface area contributed by atoms with Crippen molar-refractivity contribution in [3.05, 3.63) is 58.3 Å². The number of benzene rings is 2. The average molecular weight is 339 g/mol. The lowest BCUT2D eigenvalue weighted by atomic mass is 10.1. The molecule has 0 aliphatic carbocycles. The number of hydrogen-bond acceptors (Lipinski definition) is 3. The third-order valence-corrected chi connectivity index (χ3v) is 3.70. The van der Waals surface area contributed by atoms with Crippen LogP contribution in [0.5, 0.6) is 5.75 Å². The zero-order chi connectivity index (χ0) is 14.5. The first-order chi connectivity index (χ1) is 9.63. The van der Waals surface area contributed by atoms with Gasteiger partial charge in [-0.3, -0.25) is 0 Å². The lowest BCUT2D eigenvalue weighted by molar-refractivity contribution is 0.415. The maximum atomic E-state index is 13.4. The number of nitrogens with two attached hydrogens (primary N) is 1. The Morgan fingerprint density at radius 2 is 2.10 bits per heavy atom. The monoisotopic (exact) mass is 338 g/mol. The Labute approximate surface area is 126 Å². The number of rotatable bonds is 5. The second-order valence-corrected chi connectivity index (χ2v) is 5.18. The van der Waals surface area contributed by atoms with Gasteiger partial charge in [-0.25, -0.2) is 4.39 Å². The molecule has 3 nitrogen and oxygen atoms in total. The summed E-state index contributed by atoms with van der Waals surface area (Å²) in [4.78, 5) is 0. The Morgan fingerprint density at radius 3 is 2.80 bits per heavy atom. The molecule has 2 aromatic rings. The van der Waals surface area contributed by atoms with Crippen LogP contribution in [0.15, 0.2) is 46.9 Å². The summed E-state index contributed by atoms with van der Waals surface area (Å²) in [5.41, 5.74) is 7.46. The zero-order valence-corrected chi connectivity index (χ0v) is 12.7. The molecule has 2 aromatic carbocycles. The van der Waals surface area contributed by atoms with Crippen LogP contribution < -0.4 is 15.8 Å². The molecule has 2 rings (SSSR count). The van der Waals surface area contributed by atoms with Gasteiger partial charge < -0.3 is 15.8 Å². The normalized spacial score (nSPS) is 12.0. The lowest BCUT2D eigenvalue weighted by Gasteiger charge is -2.20. The van der Waals surface area contributed by atoms with Crippen molar-refractivity contribution in [1.82, 2.24) is 0 Å². The molecule has 5 heteroatoms. The second-order valence-electron chi connectivity index (χ2n) is 4.33. The Bertz CT molecular complexity index is 592. The number of ether oxygens (including phenoxy) is 1. The fourth-order valence-corrected chi connectivity index (χ4v) is 2.48. The third kappa shape index (κ3) is 3.49. The van der Waals surface area contributed by atoms with E-state index in [-0.39, 0.29) is 11.9 Å². The fourth-order valence-electron chi connectivity index (χ4n) is 1.96. The quantitative estimate of drug-likeness (QED) is 0.873. The minimum Gasteiger partial charge on any atom is -0.497 e. The van der Waals surface area contributed by atoms with Crippen LogP contribution in [0.4, 0.5) is 10.1 Å². The SMILES string of the molecule is COc1cccc(NC(CN)c2cc(F)ccc2Br)c1. The maximum absolute atomic E-state index is 13.4. The van der Waals surface area contributed by atoms with E-state index in [0.717, 1.165) is 21.5 Å². The summed E-state index contributed by atoms with van der Waals surface area (Å²) in [6.07, 6.45) is 0. The van der Waals surface area contributed by atoms with Crippen LogP contribution in [0.25, 0.3) is 0 Å². The predicted octanol–water partition coefficient (Wildman–Crippen LogP) is 3.71. The number of anilines is 1. The molecular weight excluding hydrogens is 323 g/mol. The maximum Gasteiger partial charge on any atom is 0.123 e. The van der Waals surface area contributed by atoms with E-state index in [0.29, 0.717) is 6.54 Å². The van der Waals surface area contributed by atoms with Crippen LogP contribution in [0.3, 0.4) is 0 Å². The van der Waals surface area contributed by atoms with Crippen LogP contribution in [-0.2, 0) is 0 Å². The first-order valence-corrected chi connectivity index (χ1v) is 6.99. The van der Waals surface area contributed by atoms with E-state index in [1.54, 1.807) is 13.2 Å². The Hall–Kier alpha value is -1.59. The van der Waals surface area contributed by atoms with Crippen molar-refractivity contribution in [2.45, 2.75) is 6.04 Å². The van der Waals surface area contributed by atoms with Gasteiger partial charge in [0.2, 0.25) is 0 Å². The molecule has 0 amide bonds. The second kappa shape index (κ2) is 6.72. The van der Waals surface area contributed by atoms with Gasteiger partial charge in [-0.2, -0.15) is 0 Å². The summed E-state index contributed by atoms with van der Waals surface area (Å²) >= 11 is 3.43. The molecule has 1 unspecified atom stereocenters. The minimum absolute atomic E-state index is 0.188. The molecule has 0 aromatic heterocycles. The first-order valence-electron chi connectivity index (χ1n) is 6.19. The lowest BCUT2D eigenvalue weighted by Crippen LogP contribution is -2.21. The van der Waals surface area contributed by atoms with E-state index in [1.165, 1.54) is 12.1 Å². The van der Waals surface area contributed by atoms with E-state index in [4.69, 9.17) is 10.5 Å². The van der Waals surface area contributed by atoms with E-state index in [1.807, 2.05) is 24.3 Å². The third-order valence-electron chi connectivity index (χ3n) is 2.98.